The van der Waals surface area contributed by atoms with Crippen LogP contribution in [0.4, 0.5) is 0 Å². The van der Waals surface area contributed by atoms with E-state index in [0.29, 0.717) is 17.9 Å². The van der Waals surface area contributed by atoms with Gasteiger partial charge in [0.1, 0.15) is 5.75 Å². The van der Waals surface area contributed by atoms with Crippen molar-refractivity contribution < 1.29 is 9.84 Å². The van der Waals surface area contributed by atoms with Crippen molar-refractivity contribution in [2.24, 2.45) is 0 Å². The third-order valence-corrected chi connectivity index (χ3v) is 3.07. The van der Waals surface area contributed by atoms with Gasteiger partial charge in [0.25, 0.3) is 0 Å². The molecule has 1 aromatic rings. The van der Waals surface area contributed by atoms with Crippen LogP contribution in [0.25, 0.3) is 0 Å². The van der Waals surface area contributed by atoms with Crippen LogP contribution in [0.1, 0.15) is 25.3 Å². The lowest BCUT2D eigenvalue weighted by Gasteiger charge is -2.35. The minimum absolute atomic E-state index is 0.371. The summed E-state index contributed by atoms with van der Waals surface area (Å²) in [6.07, 6.45) is 2.61. The molecule has 2 rings (SSSR count). The summed E-state index contributed by atoms with van der Waals surface area (Å²) in [6, 6.07) is 7.99. The van der Waals surface area contributed by atoms with Crippen molar-refractivity contribution in [3.63, 3.8) is 0 Å². The van der Waals surface area contributed by atoms with Gasteiger partial charge in [0.2, 0.25) is 0 Å². The number of rotatable bonds is 5. The maximum absolute atomic E-state index is 9.59. The van der Waals surface area contributed by atoms with Crippen LogP contribution >= 0.6 is 0 Å². The van der Waals surface area contributed by atoms with Crippen molar-refractivity contribution in [1.82, 2.24) is 5.32 Å². The van der Waals surface area contributed by atoms with E-state index in [0.717, 1.165) is 31.6 Å². The highest BCUT2D eigenvalue weighted by atomic mass is 16.5. The van der Waals surface area contributed by atoms with Gasteiger partial charge in [-0.15, -0.1) is 0 Å². The average Bonchev–Trinajstić information content (AvgIpc) is 2.23. The molecule has 1 aliphatic carbocycles. The number of phenols is 1. The molecule has 1 saturated carbocycles. The Morgan fingerprint density at radius 2 is 2.12 bits per heavy atom. The van der Waals surface area contributed by atoms with E-state index in [4.69, 9.17) is 4.74 Å². The molecule has 0 bridgehead atoms. The first-order valence-electron chi connectivity index (χ1n) is 5.91. The van der Waals surface area contributed by atoms with Gasteiger partial charge in [0.05, 0.1) is 6.10 Å². The summed E-state index contributed by atoms with van der Waals surface area (Å²) in [5, 5.41) is 13.0. The molecule has 2 N–H and O–H groups in total. The summed E-state index contributed by atoms with van der Waals surface area (Å²) in [6.45, 7) is 3.57. The molecular formula is C13H19NO2. The summed E-state index contributed by atoms with van der Waals surface area (Å²) in [5.41, 5.74) is 0.961. The number of phenolic OH excluding ortho intramolecular Hbond substituents is 1. The monoisotopic (exact) mass is 221 g/mol. The normalized spacial score (nSPS) is 24.1. The fraction of sp³-hybridized carbons (Fsp3) is 0.538. The third kappa shape index (κ3) is 2.74. The molecule has 0 spiro atoms. The second-order valence-corrected chi connectivity index (χ2v) is 4.26. The van der Waals surface area contributed by atoms with Crippen LogP contribution in [-0.2, 0) is 11.3 Å². The zero-order valence-corrected chi connectivity index (χ0v) is 9.65. The van der Waals surface area contributed by atoms with E-state index in [-0.39, 0.29) is 0 Å². The number of para-hydroxylation sites is 1. The molecule has 3 heteroatoms. The topological polar surface area (TPSA) is 41.5 Å². The molecule has 1 fully saturated rings. The highest BCUT2D eigenvalue weighted by molar-refractivity contribution is 5.31. The Morgan fingerprint density at radius 3 is 2.81 bits per heavy atom. The summed E-state index contributed by atoms with van der Waals surface area (Å²) in [4.78, 5) is 0. The van der Waals surface area contributed by atoms with Crippen LogP contribution in [0.5, 0.6) is 5.75 Å². The molecule has 0 unspecified atom stereocenters. The van der Waals surface area contributed by atoms with Gasteiger partial charge in [-0.05, 0) is 25.8 Å². The number of nitrogens with one attached hydrogen (secondary N) is 1. The molecule has 0 amide bonds. The Kier molecular flexibility index (Phi) is 3.80. The highest BCUT2D eigenvalue weighted by Gasteiger charge is 2.28. The Bertz CT molecular complexity index is 334. The van der Waals surface area contributed by atoms with Crippen LogP contribution in [0.3, 0.4) is 0 Å². The van der Waals surface area contributed by atoms with Crippen LogP contribution in [-0.4, -0.2) is 23.9 Å². The number of aromatic hydroxyl groups is 1. The van der Waals surface area contributed by atoms with E-state index in [1.807, 2.05) is 25.1 Å². The molecule has 3 nitrogen and oxygen atoms in total. The quantitative estimate of drug-likeness (QED) is 0.799. The predicted octanol–water partition coefficient (Wildman–Crippen LogP) is 2.05. The second kappa shape index (κ2) is 5.32. The largest absolute Gasteiger partial charge is 0.508 e. The molecule has 0 radical (unpaired) electrons. The van der Waals surface area contributed by atoms with Crippen LogP contribution in [0.2, 0.25) is 0 Å². The maximum atomic E-state index is 9.59. The van der Waals surface area contributed by atoms with Gasteiger partial charge >= 0.3 is 0 Å². The first kappa shape index (κ1) is 11.4. The zero-order valence-electron chi connectivity index (χ0n) is 9.65. The van der Waals surface area contributed by atoms with Crippen molar-refractivity contribution in [3.05, 3.63) is 29.8 Å². The molecule has 0 atom stereocenters. The molecule has 88 valence electrons. The van der Waals surface area contributed by atoms with Gasteiger partial charge in [-0.3, -0.25) is 0 Å². The fourth-order valence-electron chi connectivity index (χ4n) is 2.02. The average molecular weight is 221 g/mol. The molecule has 1 aliphatic rings. The van der Waals surface area contributed by atoms with Gasteiger partial charge in [0.15, 0.2) is 0 Å². The number of benzene rings is 1. The minimum atomic E-state index is 0.371. The summed E-state index contributed by atoms with van der Waals surface area (Å²) >= 11 is 0. The molecule has 0 aromatic heterocycles. The van der Waals surface area contributed by atoms with Crippen molar-refractivity contribution in [1.29, 1.82) is 0 Å². The fourth-order valence-corrected chi connectivity index (χ4v) is 2.02. The highest BCUT2D eigenvalue weighted by Crippen LogP contribution is 2.24. The van der Waals surface area contributed by atoms with E-state index in [1.165, 1.54) is 0 Å². The lowest BCUT2D eigenvalue weighted by molar-refractivity contribution is -0.0102. The van der Waals surface area contributed by atoms with Gasteiger partial charge in [-0.25, -0.2) is 0 Å². The lowest BCUT2D eigenvalue weighted by Crippen LogP contribution is -2.45. The molecule has 0 saturated heterocycles. The number of ether oxygens (including phenoxy) is 1. The minimum Gasteiger partial charge on any atom is -0.508 e. The molecule has 1 aromatic carbocycles. The first-order valence-corrected chi connectivity index (χ1v) is 5.91. The van der Waals surface area contributed by atoms with Gasteiger partial charge < -0.3 is 15.2 Å². The molecular weight excluding hydrogens is 202 g/mol. The van der Waals surface area contributed by atoms with Gasteiger partial charge in [-0.2, -0.15) is 0 Å². The van der Waals surface area contributed by atoms with E-state index < -0.39 is 0 Å². The van der Waals surface area contributed by atoms with Gasteiger partial charge in [0, 0.05) is 24.8 Å². The van der Waals surface area contributed by atoms with Crippen LogP contribution in [0.15, 0.2) is 24.3 Å². The summed E-state index contributed by atoms with van der Waals surface area (Å²) < 4.78 is 5.49. The Hall–Kier alpha value is -1.06. The third-order valence-electron chi connectivity index (χ3n) is 3.07. The molecule has 0 aliphatic heterocycles. The Morgan fingerprint density at radius 1 is 1.38 bits per heavy atom. The number of hydrogen-bond donors (Lipinski definition) is 2. The first-order chi connectivity index (χ1) is 7.79. The standard InChI is InChI=1S/C13H19NO2/c1-2-16-12-7-11(8-12)14-9-10-5-3-4-6-13(10)15/h3-6,11-12,14-15H,2,7-9H2,1H3. The summed E-state index contributed by atoms with van der Waals surface area (Å²) in [5.74, 6) is 0.371. The second-order valence-electron chi connectivity index (χ2n) is 4.26. The van der Waals surface area contributed by atoms with E-state index in [9.17, 15) is 5.11 Å². The van der Waals surface area contributed by atoms with Crippen LogP contribution < -0.4 is 5.32 Å². The van der Waals surface area contributed by atoms with E-state index >= 15 is 0 Å². The SMILES string of the molecule is CCOC1CC(NCc2ccccc2O)C1. The van der Waals surface area contributed by atoms with E-state index in [2.05, 4.69) is 5.32 Å². The number of hydrogen-bond acceptors (Lipinski definition) is 3. The van der Waals surface area contributed by atoms with E-state index in [1.54, 1.807) is 6.07 Å². The maximum Gasteiger partial charge on any atom is 0.120 e. The Balaban J connectivity index is 1.72. The molecule has 0 heterocycles. The molecule has 16 heavy (non-hydrogen) atoms. The summed E-state index contributed by atoms with van der Waals surface area (Å²) in [7, 11) is 0. The predicted molar refractivity (Wildman–Crippen MR) is 63.4 cm³/mol. The van der Waals surface area contributed by atoms with Crippen LogP contribution in [0, 0.1) is 0 Å². The van der Waals surface area contributed by atoms with Crippen molar-refractivity contribution in [2.45, 2.75) is 38.5 Å². The zero-order chi connectivity index (χ0) is 11.4. The van der Waals surface area contributed by atoms with Crippen molar-refractivity contribution >= 4 is 0 Å². The smallest absolute Gasteiger partial charge is 0.120 e. The Labute approximate surface area is 96.4 Å². The van der Waals surface area contributed by atoms with Gasteiger partial charge in [-0.1, -0.05) is 18.2 Å². The van der Waals surface area contributed by atoms with Crippen molar-refractivity contribution in [3.8, 4) is 5.75 Å². The van der Waals surface area contributed by atoms with Crippen molar-refractivity contribution in [2.75, 3.05) is 6.61 Å². The lowest BCUT2D eigenvalue weighted by atomic mass is 9.89.